The number of rotatable bonds is 9. The van der Waals surface area contributed by atoms with E-state index in [0.29, 0.717) is 5.88 Å². The summed E-state index contributed by atoms with van der Waals surface area (Å²) in [6.07, 6.45) is 2.89. The molecule has 0 spiro atoms. The van der Waals surface area contributed by atoms with Crippen LogP contribution in [0.2, 0.25) is 0 Å². The van der Waals surface area contributed by atoms with E-state index in [4.69, 9.17) is 9.84 Å². The van der Waals surface area contributed by atoms with Gasteiger partial charge in [-0.1, -0.05) is 0 Å². The molecule has 19 heavy (non-hydrogen) atoms. The Morgan fingerprint density at radius 3 is 3.21 bits per heavy atom. The minimum atomic E-state index is 0.281. The smallest absolute Gasteiger partial charge is 0.237 e. The van der Waals surface area contributed by atoms with E-state index in [0.717, 1.165) is 41.7 Å². The third kappa shape index (κ3) is 3.85. The van der Waals surface area contributed by atoms with Crippen LogP contribution in [-0.4, -0.2) is 46.3 Å². The van der Waals surface area contributed by atoms with Crippen molar-refractivity contribution in [2.75, 3.05) is 31.8 Å². The van der Waals surface area contributed by atoms with Crippen LogP contribution in [0.5, 0.6) is 5.88 Å². The molecule has 5 nitrogen and oxygen atoms in total. The molecule has 0 unspecified atom stereocenters. The Morgan fingerprint density at radius 2 is 2.42 bits per heavy atom. The minimum Gasteiger partial charge on any atom is -0.480 e. The highest BCUT2D eigenvalue weighted by Gasteiger charge is 2.12. The first-order valence-corrected chi connectivity index (χ1v) is 8.28. The molecule has 2 rings (SSSR count). The average molecular weight is 301 g/mol. The average Bonchev–Trinajstić information content (AvgIpc) is 2.99. The van der Waals surface area contributed by atoms with E-state index < -0.39 is 0 Å². The number of hydrogen-bond donors (Lipinski definition) is 2. The number of nitrogens with one attached hydrogen (secondary N) is 1. The first-order valence-electron chi connectivity index (χ1n) is 6.24. The number of hydrogen-bond acceptors (Lipinski definition) is 6. The van der Waals surface area contributed by atoms with Gasteiger partial charge in [0.2, 0.25) is 5.88 Å². The van der Waals surface area contributed by atoms with Gasteiger partial charge in [-0.3, -0.25) is 4.40 Å². The lowest BCUT2D eigenvalue weighted by Crippen LogP contribution is -2.18. The third-order valence-corrected chi connectivity index (χ3v) is 4.51. The molecule has 2 heterocycles. The van der Waals surface area contributed by atoms with Gasteiger partial charge in [0.25, 0.3) is 0 Å². The molecule has 0 atom stereocenters. The third-order valence-electron chi connectivity index (χ3n) is 2.68. The van der Waals surface area contributed by atoms with Gasteiger partial charge in [0.1, 0.15) is 5.69 Å². The maximum absolute atomic E-state index is 8.68. The Morgan fingerprint density at radius 1 is 1.53 bits per heavy atom. The van der Waals surface area contributed by atoms with Gasteiger partial charge in [0.05, 0.1) is 7.11 Å². The number of nitrogens with zero attached hydrogens (tertiary/aromatic N) is 2. The Balaban J connectivity index is 1.79. The molecule has 0 aliphatic carbocycles. The predicted molar refractivity (Wildman–Crippen MR) is 80.4 cm³/mol. The SMILES string of the molecule is COc1nc2sccn2c1CNCCSCCCO. The molecule has 0 aliphatic heterocycles. The molecule has 0 aromatic carbocycles. The van der Waals surface area contributed by atoms with E-state index in [-0.39, 0.29) is 6.61 Å². The van der Waals surface area contributed by atoms with Crippen molar-refractivity contribution in [1.29, 1.82) is 0 Å². The topological polar surface area (TPSA) is 58.8 Å². The number of thiazole rings is 1. The second-order valence-corrected chi connectivity index (χ2v) is 6.09. The van der Waals surface area contributed by atoms with Crippen molar-refractivity contribution in [2.45, 2.75) is 13.0 Å². The molecule has 106 valence electrons. The van der Waals surface area contributed by atoms with Crippen molar-refractivity contribution >= 4 is 28.1 Å². The van der Waals surface area contributed by atoms with Crippen molar-refractivity contribution < 1.29 is 9.84 Å². The zero-order chi connectivity index (χ0) is 13.5. The van der Waals surface area contributed by atoms with E-state index in [1.807, 2.05) is 23.3 Å². The second-order valence-electron chi connectivity index (χ2n) is 3.99. The largest absolute Gasteiger partial charge is 0.480 e. The van der Waals surface area contributed by atoms with Gasteiger partial charge >= 0.3 is 0 Å². The zero-order valence-corrected chi connectivity index (χ0v) is 12.6. The van der Waals surface area contributed by atoms with Crippen LogP contribution in [0.25, 0.3) is 4.96 Å². The lowest BCUT2D eigenvalue weighted by molar-refractivity contribution is 0.296. The maximum atomic E-state index is 8.68. The Bertz CT molecular complexity index is 498. The summed E-state index contributed by atoms with van der Waals surface area (Å²) in [7, 11) is 1.65. The van der Waals surface area contributed by atoms with Gasteiger partial charge in [-0.2, -0.15) is 16.7 Å². The number of thioether (sulfide) groups is 1. The lowest BCUT2D eigenvalue weighted by atomic mass is 10.4. The van der Waals surface area contributed by atoms with Crippen LogP contribution >= 0.6 is 23.1 Å². The Hall–Kier alpha value is -0.760. The van der Waals surface area contributed by atoms with Crippen LogP contribution in [-0.2, 0) is 6.54 Å². The van der Waals surface area contributed by atoms with Crippen LogP contribution in [0.15, 0.2) is 11.6 Å². The van der Waals surface area contributed by atoms with Crippen LogP contribution in [0.4, 0.5) is 0 Å². The van der Waals surface area contributed by atoms with Crippen LogP contribution in [0, 0.1) is 0 Å². The lowest BCUT2D eigenvalue weighted by Gasteiger charge is -2.05. The van der Waals surface area contributed by atoms with Gasteiger partial charge in [-0.05, 0) is 12.2 Å². The highest BCUT2D eigenvalue weighted by molar-refractivity contribution is 7.99. The van der Waals surface area contributed by atoms with E-state index in [1.165, 1.54) is 0 Å². The summed E-state index contributed by atoms with van der Waals surface area (Å²) in [5.74, 6) is 2.77. The minimum absolute atomic E-state index is 0.281. The first kappa shape index (κ1) is 14.6. The molecule has 7 heteroatoms. The monoisotopic (exact) mass is 301 g/mol. The number of imidazole rings is 1. The fraction of sp³-hybridized carbons (Fsp3) is 0.583. The van der Waals surface area contributed by atoms with Crippen LogP contribution in [0.3, 0.4) is 0 Å². The van der Waals surface area contributed by atoms with Gasteiger partial charge in [0, 0.05) is 37.0 Å². The summed E-state index contributed by atoms with van der Waals surface area (Å²) in [6.45, 7) is 1.97. The number of methoxy groups -OCH3 is 1. The predicted octanol–water partition coefficient (Wildman–Crippen LogP) is 1.61. The van der Waals surface area contributed by atoms with Crippen molar-refractivity contribution in [3.8, 4) is 5.88 Å². The normalized spacial score (nSPS) is 11.3. The fourth-order valence-corrected chi connectivity index (χ4v) is 3.31. The molecular formula is C12H19N3O2S2. The van der Waals surface area contributed by atoms with Gasteiger partial charge in [-0.15, -0.1) is 11.3 Å². The van der Waals surface area contributed by atoms with Crippen molar-refractivity contribution in [3.63, 3.8) is 0 Å². The summed E-state index contributed by atoms with van der Waals surface area (Å²) < 4.78 is 7.37. The molecule has 2 N–H and O–H groups in total. The first-order chi connectivity index (χ1) is 9.36. The van der Waals surface area contributed by atoms with E-state index in [1.54, 1.807) is 18.4 Å². The Kier molecular flexibility index (Phi) is 5.96. The number of aromatic nitrogens is 2. The molecule has 0 bridgehead atoms. The molecule has 0 saturated carbocycles. The molecular weight excluding hydrogens is 282 g/mol. The quantitative estimate of drug-likeness (QED) is 0.689. The molecule has 0 saturated heterocycles. The van der Waals surface area contributed by atoms with Crippen LogP contribution in [0.1, 0.15) is 12.1 Å². The molecule has 0 fully saturated rings. The standard InChI is InChI=1S/C12H19N3O2S2/c1-17-11-10(15-4-8-19-12(15)14-11)9-13-3-7-18-6-2-5-16/h4,8,13,16H,2-3,5-7,9H2,1H3. The van der Waals surface area contributed by atoms with Crippen molar-refractivity contribution in [3.05, 3.63) is 17.3 Å². The maximum Gasteiger partial charge on any atom is 0.237 e. The summed E-state index contributed by atoms with van der Waals surface area (Å²) in [4.78, 5) is 5.38. The van der Waals surface area contributed by atoms with Crippen LogP contribution < -0.4 is 10.1 Å². The molecule has 0 amide bonds. The highest BCUT2D eigenvalue weighted by atomic mass is 32.2. The van der Waals surface area contributed by atoms with Gasteiger partial charge < -0.3 is 15.2 Å². The summed E-state index contributed by atoms with van der Waals surface area (Å²) in [5, 5.41) is 14.1. The highest BCUT2D eigenvalue weighted by Crippen LogP contribution is 2.22. The van der Waals surface area contributed by atoms with Crippen molar-refractivity contribution in [2.24, 2.45) is 0 Å². The van der Waals surface area contributed by atoms with Gasteiger partial charge in [0.15, 0.2) is 4.96 Å². The number of ether oxygens (including phenoxy) is 1. The second kappa shape index (κ2) is 7.74. The Labute approximate surface area is 121 Å². The number of aliphatic hydroxyl groups excluding tert-OH is 1. The molecule has 0 aliphatic rings. The van der Waals surface area contributed by atoms with E-state index >= 15 is 0 Å². The van der Waals surface area contributed by atoms with Gasteiger partial charge in [-0.25, -0.2) is 0 Å². The number of aliphatic hydroxyl groups is 1. The molecule has 2 aromatic heterocycles. The number of fused-ring (bicyclic) bond motifs is 1. The summed E-state index contributed by atoms with van der Waals surface area (Å²) in [5.41, 5.74) is 1.07. The summed E-state index contributed by atoms with van der Waals surface area (Å²) in [6, 6.07) is 0. The summed E-state index contributed by atoms with van der Waals surface area (Å²) >= 11 is 3.46. The fourth-order valence-electron chi connectivity index (χ4n) is 1.76. The zero-order valence-electron chi connectivity index (χ0n) is 11.0. The van der Waals surface area contributed by atoms with Crippen molar-refractivity contribution in [1.82, 2.24) is 14.7 Å². The molecule has 2 aromatic rings. The van der Waals surface area contributed by atoms with E-state index in [9.17, 15) is 0 Å². The van der Waals surface area contributed by atoms with E-state index in [2.05, 4.69) is 14.7 Å². The molecule has 0 radical (unpaired) electrons.